The van der Waals surface area contributed by atoms with Gasteiger partial charge in [0, 0.05) is 5.56 Å². The Morgan fingerprint density at radius 2 is 2.15 bits per heavy atom. The number of hydrogen-bond acceptors (Lipinski definition) is 5. The fourth-order valence-corrected chi connectivity index (χ4v) is 2.44. The Bertz CT molecular complexity index is 734. The molecule has 0 unspecified atom stereocenters. The first-order chi connectivity index (χ1) is 9.72. The lowest BCUT2D eigenvalue weighted by atomic mass is 10.1. The summed E-state index contributed by atoms with van der Waals surface area (Å²) in [6.07, 6.45) is 1.57. The third-order valence-electron chi connectivity index (χ3n) is 2.66. The number of carbonyl (C=O) groups excluding carboxylic acids is 1. The molecule has 100 valence electrons. The number of furan rings is 1. The average Bonchev–Trinajstić information content (AvgIpc) is 3.08. The number of amides is 1. The van der Waals surface area contributed by atoms with Crippen molar-refractivity contribution in [3.05, 3.63) is 53.8 Å². The van der Waals surface area contributed by atoms with Gasteiger partial charge in [-0.1, -0.05) is 29.0 Å². The van der Waals surface area contributed by atoms with Gasteiger partial charge in [0.1, 0.15) is 0 Å². The molecule has 3 aromatic rings. The summed E-state index contributed by atoms with van der Waals surface area (Å²) in [4.78, 5) is 12.1. The molecule has 0 fully saturated rings. The number of rotatable bonds is 3. The molecular formula is C14H11N3O2S. The third-order valence-corrected chi connectivity index (χ3v) is 3.51. The molecule has 0 spiro atoms. The van der Waals surface area contributed by atoms with Gasteiger partial charge in [-0.15, -0.1) is 10.2 Å². The van der Waals surface area contributed by atoms with Crippen LogP contribution in [-0.4, -0.2) is 16.1 Å². The topological polar surface area (TPSA) is 68.0 Å². The molecule has 1 aromatic carbocycles. The number of hydrogen-bond donors (Lipinski definition) is 1. The minimum absolute atomic E-state index is 0.198. The molecule has 0 aliphatic rings. The van der Waals surface area contributed by atoms with Gasteiger partial charge < -0.3 is 4.42 Å². The van der Waals surface area contributed by atoms with Crippen molar-refractivity contribution in [2.75, 3.05) is 5.32 Å². The number of nitrogens with one attached hydrogen (secondary N) is 1. The summed E-state index contributed by atoms with van der Waals surface area (Å²) in [6, 6.07) is 10.9. The Morgan fingerprint density at radius 3 is 2.90 bits per heavy atom. The normalized spacial score (nSPS) is 10.4. The fraction of sp³-hybridized carbons (Fsp3) is 0.0714. The van der Waals surface area contributed by atoms with Crippen LogP contribution in [0.3, 0.4) is 0 Å². The van der Waals surface area contributed by atoms with Crippen molar-refractivity contribution >= 4 is 22.4 Å². The van der Waals surface area contributed by atoms with Crippen molar-refractivity contribution in [2.24, 2.45) is 0 Å². The van der Waals surface area contributed by atoms with Gasteiger partial charge in [-0.05, 0) is 31.2 Å². The standard InChI is InChI=1S/C14H11N3O2S/c1-9-4-2-5-10(8-9)12(18)15-14-17-16-13(20-14)11-6-3-7-19-11/h2-8H,1H3,(H,15,17,18). The van der Waals surface area contributed by atoms with Gasteiger partial charge in [0.15, 0.2) is 10.8 Å². The first kappa shape index (κ1) is 12.6. The van der Waals surface area contributed by atoms with Crippen LogP contribution in [0.15, 0.2) is 47.1 Å². The molecule has 20 heavy (non-hydrogen) atoms. The molecule has 0 aliphatic heterocycles. The molecule has 3 rings (SSSR count). The van der Waals surface area contributed by atoms with Crippen molar-refractivity contribution in [2.45, 2.75) is 6.92 Å². The van der Waals surface area contributed by atoms with Crippen LogP contribution in [-0.2, 0) is 0 Å². The quantitative estimate of drug-likeness (QED) is 0.801. The predicted octanol–water partition coefficient (Wildman–Crippen LogP) is 3.36. The van der Waals surface area contributed by atoms with E-state index in [1.165, 1.54) is 11.3 Å². The maximum Gasteiger partial charge on any atom is 0.257 e. The van der Waals surface area contributed by atoms with Crippen LogP contribution in [0.1, 0.15) is 15.9 Å². The first-order valence-electron chi connectivity index (χ1n) is 5.98. The van der Waals surface area contributed by atoms with E-state index < -0.39 is 0 Å². The molecule has 2 heterocycles. The number of nitrogens with zero attached hydrogens (tertiary/aromatic N) is 2. The predicted molar refractivity (Wildman–Crippen MR) is 76.7 cm³/mol. The SMILES string of the molecule is Cc1cccc(C(=O)Nc2nnc(-c3ccco3)s2)c1. The minimum atomic E-state index is -0.198. The van der Waals surface area contributed by atoms with Crippen molar-refractivity contribution in [1.82, 2.24) is 10.2 Å². The second-order valence-electron chi connectivity index (χ2n) is 4.21. The highest BCUT2D eigenvalue weighted by molar-refractivity contribution is 7.18. The molecule has 0 saturated heterocycles. The smallest absolute Gasteiger partial charge is 0.257 e. The molecule has 0 atom stereocenters. The highest BCUT2D eigenvalue weighted by Crippen LogP contribution is 2.26. The van der Waals surface area contributed by atoms with Crippen molar-refractivity contribution in [3.8, 4) is 10.8 Å². The largest absolute Gasteiger partial charge is 0.462 e. The zero-order chi connectivity index (χ0) is 13.9. The zero-order valence-electron chi connectivity index (χ0n) is 10.7. The van der Waals surface area contributed by atoms with Gasteiger partial charge in [0.05, 0.1) is 6.26 Å². The zero-order valence-corrected chi connectivity index (χ0v) is 11.5. The van der Waals surface area contributed by atoms with E-state index in [1.807, 2.05) is 25.1 Å². The lowest BCUT2D eigenvalue weighted by Gasteiger charge is -2.01. The summed E-state index contributed by atoms with van der Waals surface area (Å²) in [5, 5.41) is 11.7. The second-order valence-corrected chi connectivity index (χ2v) is 5.19. The number of benzene rings is 1. The van der Waals surface area contributed by atoms with Gasteiger partial charge in [-0.25, -0.2) is 0 Å². The molecule has 1 N–H and O–H groups in total. The van der Waals surface area contributed by atoms with Crippen molar-refractivity contribution in [3.63, 3.8) is 0 Å². The van der Waals surface area contributed by atoms with E-state index in [0.717, 1.165) is 5.56 Å². The molecular weight excluding hydrogens is 274 g/mol. The summed E-state index contributed by atoms with van der Waals surface area (Å²) in [6.45, 7) is 1.94. The van der Waals surface area contributed by atoms with Crippen molar-refractivity contribution in [1.29, 1.82) is 0 Å². The summed E-state index contributed by atoms with van der Waals surface area (Å²) in [5.41, 5.74) is 1.63. The first-order valence-corrected chi connectivity index (χ1v) is 6.79. The van der Waals surface area contributed by atoms with Crippen LogP contribution >= 0.6 is 11.3 Å². The Hall–Kier alpha value is -2.47. The van der Waals surface area contributed by atoms with E-state index in [-0.39, 0.29) is 5.91 Å². The highest BCUT2D eigenvalue weighted by Gasteiger charge is 2.12. The van der Waals surface area contributed by atoms with Gasteiger partial charge >= 0.3 is 0 Å². The fourth-order valence-electron chi connectivity index (χ4n) is 1.73. The summed E-state index contributed by atoms with van der Waals surface area (Å²) < 4.78 is 5.23. The third kappa shape index (κ3) is 2.60. The Kier molecular flexibility index (Phi) is 3.30. The number of anilines is 1. The lowest BCUT2D eigenvalue weighted by Crippen LogP contribution is -2.11. The van der Waals surface area contributed by atoms with Crippen LogP contribution in [0.5, 0.6) is 0 Å². The van der Waals surface area contributed by atoms with Crippen LogP contribution in [0.25, 0.3) is 10.8 Å². The van der Waals surface area contributed by atoms with Gasteiger partial charge in [-0.2, -0.15) is 0 Å². The summed E-state index contributed by atoms with van der Waals surface area (Å²) >= 11 is 1.27. The Balaban J connectivity index is 1.77. The average molecular weight is 285 g/mol. The van der Waals surface area contributed by atoms with E-state index in [2.05, 4.69) is 15.5 Å². The van der Waals surface area contributed by atoms with E-state index in [0.29, 0.717) is 21.5 Å². The number of carbonyl (C=O) groups is 1. The molecule has 1 amide bonds. The maximum absolute atomic E-state index is 12.1. The number of aryl methyl sites for hydroxylation is 1. The molecule has 0 radical (unpaired) electrons. The second kappa shape index (κ2) is 5.26. The van der Waals surface area contributed by atoms with Crippen LogP contribution in [0.2, 0.25) is 0 Å². The van der Waals surface area contributed by atoms with Crippen molar-refractivity contribution < 1.29 is 9.21 Å². The Labute approximate surface area is 119 Å². The number of aromatic nitrogens is 2. The molecule has 0 bridgehead atoms. The lowest BCUT2D eigenvalue weighted by molar-refractivity contribution is 0.102. The molecule has 6 heteroatoms. The van der Waals surface area contributed by atoms with E-state index in [9.17, 15) is 4.79 Å². The van der Waals surface area contributed by atoms with E-state index in [4.69, 9.17) is 4.42 Å². The van der Waals surface area contributed by atoms with Gasteiger partial charge in [0.25, 0.3) is 5.91 Å². The van der Waals surface area contributed by atoms with Crippen LogP contribution < -0.4 is 5.32 Å². The summed E-state index contributed by atoms with van der Waals surface area (Å²) in [5.74, 6) is 0.439. The molecule has 2 aromatic heterocycles. The van der Waals surface area contributed by atoms with Gasteiger partial charge in [-0.3, -0.25) is 10.1 Å². The van der Waals surface area contributed by atoms with Crippen LogP contribution in [0.4, 0.5) is 5.13 Å². The van der Waals surface area contributed by atoms with Gasteiger partial charge in [0.2, 0.25) is 5.13 Å². The minimum Gasteiger partial charge on any atom is -0.462 e. The summed E-state index contributed by atoms with van der Waals surface area (Å²) in [7, 11) is 0. The molecule has 0 aliphatic carbocycles. The van der Waals surface area contributed by atoms with Crippen LogP contribution in [0, 0.1) is 6.92 Å². The molecule has 0 saturated carbocycles. The monoisotopic (exact) mass is 285 g/mol. The Morgan fingerprint density at radius 1 is 1.25 bits per heavy atom. The maximum atomic E-state index is 12.1. The molecule has 5 nitrogen and oxygen atoms in total. The van der Waals surface area contributed by atoms with E-state index >= 15 is 0 Å². The highest BCUT2D eigenvalue weighted by atomic mass is 32.1. The van der Waals surface area contributed by atoms with E-state index in [1.54, 1.807) is 24.5 Å².